The van der Waals surface area contributed by atoms with Crippen molar-refractivity contribution in [2.24, 2.45) is 0 Å². The van der Waals surface area contributed by atoms with Crippen LogP contribution in [0.3, 0.4) is 0 Å². The molecule has 23 heavy (non-hydrogen) atoms. The number of carbonyl (C=O) groups excluding carboxylic acids is 2. The summed E-state index contributed by atoms with van der Waals surface area (Å²) in [4.78, 5) is 23.4. The Balaban J connectivity index is 2.38. The SMILES string of the molecule is CCC[C@@H](C)NC(=O)COC(=O)[C@H](C)Oc1ccc(C#N)cc1. The third kappa shape index (κ3) is 6.83. The molecule has 0 bridgehead atoms. The van der Waals surface area contributed by atoms with Crippen LogP contribution in [0.2, 0.25) is 0 Å². The van der Waals surface area contributed by atoms with E-state index in [-0.39, 0.29) is 18.6 Å². The summed E-state index contributed by atoms with van der Waals surface area (Å²) in [7, 11) is 0. The van der Waals surface area contributed by atoms with Crippen LogP contribution in [0.5, 0.6) is 5.75 Å². The van der Waals surface area contributed by atoms with Crippen LogP contribution in [0.25, 0.3) is 0 Å². The number of hydrogen-bond donors (Lipinski definition) is 1. The highest BCUT2D eigenvalue weighted by atomic mass is 16.6. The molecule has 0 heterocycles. The maximum Gasteiger partial charge on any atom is 0.347 e. The smallest absolute Gasteiger partial charge is 0.347 e. The molecule has 0 aliphatic heterocycles. The number of hydrogen-bond acceptors (Lipinski definition) is 5. The Morgan fingerprint density at radius 2 is 1.91 bits per heavy atom. The summed E-state index contributed by atoms with van der Waals surface area (Å²) >= 11 is 0. The minimum atomic E-state index is -0.844. The van der Waals surface area contributed by atoms with Gasteiger partial charge in [-0.2, -0.15) is 5.26 Å². The molecule has 0 aliphatic carbocycles. The van der Waals surface area contributed by atoms with Gasteiger partial charge in [0.05, 0.1) is 11.6 Å². The van der Waals surface area contributed by atoms with Gasteiger partial charge in [-0.3, -0.25) is 4.79 Å². The molecule has 1 rings (SSSR count). The van der Waals surface area contributed by atoms with Gasteiger partial charge in [0.2, 0.25) is 0 Å². The van der Waals surface area contributed by atoms with E-state index in [9.17, 15) is 9.59 Å². The lowest BCUT2D eigenvalue weighted by Gasteiger charge is -2.15. The summed E-state index contributed by atoms with van der Waals surface area (Å²) in [5.41, 5.74) is 0.505. The van der Waals surface area contributed by atoms with Crippen LogP contribution < -0.4 is 10.1 Å². The third-order valence-corrected chi connectivity index (χ3v) is 3.10. The van der Waals surface area contributed by atoms with Gasteiger partial charge in [-0.1, -0.05) is 13.3 Å². The lowest BCUT2D eigenvalue weighted by Crippen LogP contribution is -2.37. The Morgan fingerprint density at radius 1 is 1.26 bits per heavy atom. The van der Waals surface area contributed by atoms with Crippen LogP contribution in [0.4, 0.5) is 0 Å². The largest absolute Gasteiger partial charge is 0.479 e. The average molecular weight is 318 g/mol. The summed E-state index contributed by atoms with van der Waals surface area (Å²) < 4.78 is 10.3. The van der Waals surface area contributed by atoms with Crippen LogP contribution in [0, 0.1) is 11.3 Å². The molecule has 6 nitrogen and oxygen atoms in total. The summed E-state index contributed by atoms with van der Waals surface area (Å²) in [5.74, 6) is -0.494. The van der Waals surface area contributed by atoms with Gasteiger partial charge in [-0.15, -0.1) is 0 Å². The van der Waals surface area contributed by atoms with Gasteiger partial charge in [0.25, 0.3) is 5.91 Å². The maximum absolute atomic E-state index is 11.8. The lowest BCUT2D eigenvalue weighted by molar-refractivity contribution is -0.154. The van der Waals surface area contributed by atoms with Crippen molar-refractivity contribution in [2.75, 3.05) is 6.61 Å². The first kappa shape index (κ1) is 18.5. The molecule has 0 saturated carbocycles. The monoisotopic (exact) mass is 318 g/mol. The van der Waals surface area contributed by atoms with Crippen molar-refractivity contribution in [2.45, 2.75) is 45.8 Å². The molecule has 2 atom stereocenters. The number of esters is 1. The van der Waals surface area contributed by atoms with Crippen molar-refractivity contribution in [3.8, 4) is 11.8 Å². The molecular formula is C17H22N2O4. The van der Waals surface area contributed by atoms with E-state index in [0.717, 1.165) is 12.8 Å². The normalized spacial score (nSPS) is 12.6. The van der Waals surface area contributed by atoms with Crippen LogP contribution >= 0.6 is 0 Å². The minimum absolute atomic E-state index is 0.0542. The van der Waals surface area contributed by atoms with E-state index < -0.39 is 12.1 Å². The summed E-state index contributed by atoms with van der Waals surface area (Å²) in [6.07, 6.45) is 0.998. The molecule has 1 N–H and O–H groups in total. The molecule has 0 fully saturated rings. The van der Waals surface area contributed by atoms with E-state index in [1.54, 1.807) is 24.3 Å². The minimum Gasteiger partial charge on any atom is -0.479 e. The van der Waals surface area contributed by atoms with Crippen molar-refractivity contribution in [3.05, 3.63) is 29.8 Å². The zero-order valence-electron chi connectivity index (χ0n) is 13.7. The van der Waals surface area contributed by atoms with E-state index in [1.165, 1.54) is 6.92 Å². The highest BCUT2D eigenvalue weighted by Crippen LogP contribution is 2.13. The summed E-state index contributed by atoms with van der Waals surface area (Å²) in [5, 5.41) is 11.5. The molecule has 0 aliphatic rings. The van der Waals surface area contributed by atoms with Gasteiger partial charge in [0, 0.05) is 6.04 Å². The standard InChI is InChI=1S/C17H22N2O4/c1-4-5-12(2)19-16(20)11-22-17(21)13(3)23-15-8-6-14(10-18)7-9-15/h6-9,12-13H,4-5,11H2,1-3H3,(H,19,20)/t12-,13+/m1/s1. The topological polar surface area (TPSA) is 88.4 Å². The Labute approximate surface area is 136 Å². The number of nitriles is 1. The zero-order chi connectivity index (χ0) is 17.2. The highest BCUT2D eigenvalue weighted by Gasteiger charge is 2.18. The third-order valence-electron chi connectivity index (χ3n) is 3.10. The van der Waals surface area contributed by atoms with Gasteiger partial charge in [-0.05, 0) is 44.5 Å². The van der Waals surface area contributed by atoms with E-state index in [0.29, 0.717) is 11.3 Å². The first-order valence-corrected chi connectivity index (χ1v) is 7.59. The number of rotatable bonds is 8. The van der Waals surface area contributed by atoms with Gasteiger partial charge < -0.3 is 14.8 Å². The molecular weight excluding hydrogens is 296 g/mol. The van der Waals surface area contributed by atoms with Crippen LogP contribution in [-0.2, 0) is 14.3 Å². The molecule has 0 saturated heterocycles. The molecule has 1 aromatic rings. The summed E-state index contributed by atoms with van der Waals surface area (Å²) in [6, 6.07) is 8.43. The number of carbonyl (C=O) groups is 2. The molecule has 0 spiro atoms. The summed E-state index contributed by atoms with van der Waals surface area (Å²) in [6.45, 7) is 5.15. The Kier molecular flexibility index (Phi) is 7.61. The molecule has 1 amide bonds. The van der Waals surface area contributed by atoms with Crippen LogP contribution in [0.1, 0.15) is 39.2 Å². The Morgan fingerprint density at radius 3 is 2.48 bits per heavy atom. The fourth-order valence-corrected chi connectivity index (χ4v) is 1.94. The van der Waals surface area contributed by atoms with E-state index in [2.05, 4.69) is 5.32 Å². The number of ether oxygens (including phenoxy) is 2. The number of amides is 1. The van der Waals surface area contributed by atoms with Crippen LogP contribution in [-0.4, -0.2) is 30.6 Å². The quantitative estimate of drug-likeness (QED) is 0.742. The number of nitrogens with one attached hydrogen (secondary N) is 1. The van der Waals surface area contributed by atoms with Gasteiger partial charge in [0.15, 0.2) is 12.7 Å². The van der Waals surface area contributed by atoms with Crippen molar-refractivity contribution in [3.63, 3.8) is 0 Å². The second-order valence-electron chi connectivity index (χ2n) is 5.26. The second-order valence-corrected chi connectivity index (χ2v) is 5.26. The number of nitrogens with zero attached hydrogens (tertiary/aromatic N) is 1. The fraction of sp³-hybridized carbons (Fsp3) is 0.471. The molecule has 0 radical (unpaired) electrons. The van der Waals surface area contributed by atoms with Crippen molar-refractivity contribution in [1.82, 2.24) is 5.32 Å². The first-order valence-electron chi connectivity index (χ1n) is 7.59. The van der Waals surface area contributed by atoms with Crippen molar-refractivity contribution < 1.29 is 19.1 Å². The average Bonchev–Trinajstić information content (AvgIpc) is 2.53. The maximum atomic E-state index is 11.8. The molecule has 124 valence electrons. The van der Waals surface area contributed by atoms with Crippen LogP contribution in [0.15, 0.2) is 24.3 Å². The molecule has 0 aromatic heterocycles. The molecule has 6 heteroatoms. The molecule has 0 unspecified atom stereocenters. The Hall–Kier alpha value is -2.55. The van der Waals surface area contributed by atoms with Gasteiger partial charge >= 0.3 is 5.97 Å². The highest BCUT2D eigenvalue weighted by molar-refractivity contribution is 5.82. The zero-order valence-corrected chi connectivity index (χ0v) is 13.7. The van der Waals surface area contributed by atoms with E-state index in [4.69, 9.17) is 14.7 Å². The fourth-order valence-electron chi connectivity index (χ4n) is 1.94. The predicted octanol–water partition coefficient (Wildman–Crippen LogP) is 2.17. The van der Waals surface area contributed by atoms with Gasteiger partial charge in [-0.25, -0.2) is 4.79 Å². The lowest BCUT2D eigenvalue weighted by atomic mass is 10.2. The van der Waals surface area contributed by atoms with Crippen molar-refractivity contribution >= 4 is 11.9 Å². The first-order chi connectivity index (χ1) is 11.0. The van der Waals surface area contributed by atoms with E-state index in [1.807, 2.05) is 19.9 Å². The predicted molar refractivity (Wildman–Crippen MR) is 84.7 cm³/mol. The van der Waals surface area contributed by atoms with Gasteiger partial charge in [0.1, 0.15) is 5.75 Å². The second kappa shape index (κ2) is 9.46. The van der Waals surface area contributed by atoms with E-state index >= 15 is 0 Å². The molecule has 1 aromatic carbocycles. The van der Waals surface area contributed by atoms with Crippen molar-refractivity contribution in [1.29, 1.82) is 5.26 Å². The Bertz CT molecular complexity index is 563. The number of benzene rings is 1.